The summed E-state index contributed by atoms with van der Waals surface area (Å²) in [5, 5.41) is 11.3. The van der Waals surface area contributed by atoms with Crippen molar-refractivity contribution < 1.29 is 9.84 Å². The molecule has 0 bridgehead atoms. The molecule has 1 N–H and O–H groups in total. The predicted octanol–water partition coefficient (Wildman–Crippen LogP) is 4.53. The summed E-state index contributed by atoms with van der Waals surface area (Å²) in [6.45, 7) is 0.252. The van der Waals surface area contributed by atoms with E-state index in [1.54, 1.807) is 36.0 Å². The van der Waals surface area contributed by atoms with Gasteiger partial charge in [-0.05, 0) is 48.5 Å². The van der Waals surface area contributed by atoms with Crippen molar-refractivity contribution in [1.82, 2.24) is 0 Å². The van der Waals surface area contributed by atoms with Crippen molar-refractivity contribution >= 4 is 35.0 Å². The van der Waals surface area contributed by atoms with Crippen LogP contribution in [0.5, 0.6) is 5.75 Å². The van der Waals surface area contributed by atoms with Crippen molar-refractivity contribution in [2.24, 2.45) is 0 Å². The number of halogens is 2. The van der Waals surface area contributed by atoms with E-state index in [1.165, 1.54) is 0 Å². The molecule has 0 heterocycles. The standard InChI is InChI=1S/C15H14Cl2O2S/c16-11-1-5-14(6-2-11)19-9-13(18)10-20-15-7-3-12(17)4-8-15/h1-8,13,18H,9-10H2/t13-/m1/s1. The molecule has 5 heteroatoms. The van der Waals surface area contributed by atoms with Crippen LogP contribution in [0.25, 0.3) is 0 Å². The second kappa shape index (κ2) is 7.79. The molecule has 20 heavy (non-hydrogen) atoms. The minimum Gasteiger partial charge on any atom is -0.491 e. The van der Waals surface area contributed by atoms with Gasteiger partial charge in [0.05, 0.1) is 6.10 Å². The minimum atomic E-state index is -0.536. The zero-order chi connectivity index (χ0) is 14.4. The third kappa shape index (κ3) is 5.25. The Morgan fingerprint density at radius 3 is 2.10 bits per heavy atom. The number of aliphatic hydroxyl groups excluding tert-OH is 1. The Balaban J connectivity index is 1.73. The van der Waals surface area contributed by atoms with Crippen LogP contribution in [0.2, 0.25) is 10.0 Å². The van der Waals surface area contributed by atoms with Crippen LogP contribution in [0.3, 0.4) is 0 Å². The molecular weight excluding hydrogens is 315 g/mol. The van der Waals surface area contributed by atoms with Crippen LogP contribution in [0.15, 0.2) is 53.4 Å². The SMILES string of the molecule is O[C@H](COc1ccc(Cl)cc1)CSc1ccc(Cl)cc1. The van der Waals surface area contributed by atoms with E-state index in [2.05, 4.69) is 0 Å². The van der Waals surface area contributed by atoms with E-state index < -0.39 is 6.10 Å². The fraction of sp³-hybridized carbons (Fsp3) is 0.200. The molecule has 0 aromatic heterocycles. The van der Waals surface area contributed by atoms with Crippen LogP contribution in [0.1, 0.15) is 0 Å². The Kier molecular flexibility index (Phi) is 6.05. The van der Waals surface area contributed by atoms with Gasteiger partial charge in [-0.25, -0.2) is 0 Å². The average molecular weight is 329 g/mol. The van der Waals surface area contributed by atoms with Crippen LogP contribution in [0, 0.1) is 0 Å². The first-order valence-electron chi connectivity index (χ1n) is 6.08. The Labute approximate surface area is 132 Å². The number of rotatable bonds is 6. The molecule has 2 aromatic carbocycles. The van der Waals surface area contributed by atoms with Crippen molar-refractivity contribution in [3.8, 4) is 5.75 Å². The smallest absolute Gasteiger partial charge is 0.119 e. The number of ether oxygens (including phenoxy) is 1. The first-order chi connectivity index (χ1) is 9.63. The Bertz CT molecular complexity index is 479. The zero-order valence-corrected chi connectivity index (χ0v) is 13.0. The van der Waals surface area contributed by atoms with E-state index in [-0.39, 0.29) is 6.61 Å². The molecule has 0 aliphatic heterocycles. The molecule has 1 atom stereocenters. The minimum absolute atomic E-state index is 0.252. The Hall–Kier alpha value is -0.870. The van der Waals surface area contributed by atoms with E-state index in [9.17, 15) is 5.11 Å². The molecule has 2 aromatic rings. The summed E-state index contributed by atoms with van der Waals surface area (Å²) in [4.78, 5) is 1.07. The molecule has 106 valence electrons. The van der Waals surface area contributed by atoms with Crippen molar-refractivity contribution in [1.29, 1.82) is 0 Å². The van der Waals surface area contributed by atoms with Gasteiger partial charge in [0, 0.05) is 20.7 Å². The largest absolute Gasteiger partial charge is 0.491 e. The second-order valence-electron chi connectivity index (χ2n) is 4.18. The highest BCUT2D eigenvalue weighted by Crippen LogP contribution is 2.21. The third-order valence-electron chi connectivity index (χ3n) is 2.51. The molecule has 0 spiro atoms. The fourth-order valence-corrected chi connectivity index (χ4v) is 2.56. The number of hydrogen-bond acceptors (Lipinski definition) is 3. The van der Waals surface area contributed by atoms with Crippen LogP contribution in [0.4, 0.5) is 0 Å². The van der Waals surface area contributed by atoms with E-state index >= 15 is 0 Å². The zero-order valence-electron chi connectivity index (χ0n) is 10.6. The summed E-state index contributed by atoms with van der Waals surface area (Å²) in [7, 11) is 0. The molecule has 0 saturated carbocycles. The third-order valence-corrected chi connectivity index (χ3v) is 4.17. The predicted molar refractivity (Wildman–Crippen MR) is 85.1 cm³/mol. The molecule has 2 nitrogen and oxygen atoms in total. The van der Waals surface area contributed by atoms with Gasteiger partial charge in [0.15, 0.2) is 0 Å². The highest BCUT2D eigenvalue weighted by atomic mass is 35.5. The number of benzene rings is 2. The number of aliphatic hydroxyl groups is 1. The maximum atomic E-state index is 9.88. The summed E-state index contributed by atoms with van der Waals surface area (Å²) in [6, 6.07) is 14.6. The van der Waals surface area contributed by atoms with E-state index in [0.717, 1.165) is 4.90 Å². The summed E-state index contributed by atoms with van der Waals surface area (Å²) in [6.07, 6.45) is -0.536. The highest BCUT2D eigenvalue weighted by molar-refractivity contribution is 7.99. The first kappa shape index (κ1) is 15.5. The Morgan fingerprint density at radius 1 is 0.950 bits per heavy atom. The molecule has 0 amide bonds. The summed E-state index contributed by atoms with van der Waals surface area (Å²) in [5.41, 5.74) is 0. The van der Waals surface area contributed by atoms with Gasteiger partial charge >= 0.3 is 0 Å². The lowest BCUT2D eigenvalue weighted by Crippen LogP contribution is -2.19. The summed E-state index contributed by atoms with van der Waals surface area (Å²) in [5.74, 6) is 1.26. The van der Waals surface area contributed by atoms with Crippen molar-refractivity contribution in [2.45, 2.75) is 11.0 Å². The van der Waals surface area contributed by atoms with Gasteiger partial charge in [-0.15, -0.1) is 11.8 Å². The second-order valence-corrected chi connectivity index (χ2v) is 6.15. The van der Waals surface area contributed by atoms with Crippen molar-refractivity contribution in [2.75, 3.05) is 12.4 Å². The quantitative estimate of drug-likeness (QED) is 0.790. The Morgan fingerprint density at radius 2 is 1.50 bits per heavy atom. The van der Waals surface area contributed by atoms with Gasteiger partial charge in [-0.2, -0.15) is 0 Å². The molecule has 0 aliphatic carbocycles. The maximum Gasteiger partial charge on any atom is 0.119 e. The van der Waals surface area contributed by atoms with Gasteiger partial charge < -0.3 is 9.84 Å². The normalized spacial score (nSPS) is 12.2. The number of thioether (sulfide) groups is 1. The summed E-state index contributed by atoms with van der Waals surface area (Å²) >= 11 is 13.2. The van der Waals surface area contributed by atoms with Gasteiger partial charge in [0.1, 0.15) is 12.4 Å². The topological polar surface area (TPSA) is 29.5 Å². The monoisotopic (exact) mass is 328 g/mol. The number of hydrogen-bond donors (Lipinski definition) is 1. The lowest BCUT2D eigenvalue weighted by atomic mass is 10.3. The lowest BCUT2D eigenvalue weighted by Gasteiger charge is -2.12. The molecule has 0 radical (unpaired) electrons. The van der Waals surface area contributed by atoms with Crippen LogP contribution in [-0.4, -0.2) is 23.6 Å². The summed E-state index contributed by atoms with van der Waals surface area (Å²) < 4.78 is 5.49. The lowest BCUT2D eigenvalue weighted by molar-refractivity contribution is 0.126. The van der Waals surface area contributed by atoms with Crippen LogP contribution >= 0.6 is 35.0 Å². The first-order valence-corrected chi connectivity index (χ1v) is 7.82. The van der Waals surface area contributed by atoms with E-state index in [1.807, 2.05) is 24.3 Å². The molecule has 2 rings (SSSR count). The molecule has 0 unspecified atom stereocenters. The van der Waals surface area contributed by atoms with Gasteiger partial charge in [0.25, 0.3) is 0 Å². The van der Waals surface area contributed by atoms with Crippen molar-refractivity contribution in [3.63, 3.8) is 0 Å². The average Bonchev–Trinajstić information content (AvgIpc) is 2.46. The van der Waals surface area contributed by atoms with Gasteiger partial charge in [-0.3, -0.25) is 0 Å². The van der Waals surface area contributed by atoms with Gasteiger partial charge in [-0.1, -0.05) is 23.2 Å². The van der Waals surface area contributed by atoms with Gasteiger partial charge in [0.2, 0.25) is 0 Å². The van der Waals surface area contributed by atoms with Crippen LogP contribution in [-0.2, 0) is 0 Å². The maximum absolute atomic E-state index is 9.88. The van der Waals surface area contributed by atoms with E-state index in [0.29, 0.717) is 21.5 Å². The fourth-order valence-electron chi connectivity index (χ4n) is 1.49. The molecule has 0 fully saturated rings. The van der Waals surface area contributed by atoms with Crippen LogP contribution < -0.4 is 4.74 Å². The molecule has 0 aliphatic rings. The molecular formula is C15H14Cl2O2S. The molecule has 0 saturated heterocycles. The highest BCUT2D eigenvalue weighted by Gasteiger charge is 2.06. The van der Waals surface area contributed by atoms with E-state index in [4.69, 9.17) is 27.9 Å². The van der Waals surface area contributed by atoms with Crippen molar-refractivity contribution in [3.05, 3.63) is 58.6 Å².